The van der Waals surface area contributed by atoms with E-state index in [1.165, 1.54) is 12.1 Å². The molecule has 0 amide bonds. The quantitative estimate of drug-likeness (QED) is 0.902. The fourth-order valence-electron chi connectivity index (χ4n) is 1.60. The van der Waals surface area contributed by atoms with E-state index in [-0.39, 0.29) is 4.90 Å². The van der Waals surface area contributed by atoms with Gasteiger partial charge in [0.15, 0.2) is 0 Å². The molecule has 2 N–H and O–H groups in total. The third-order valence-corrected chi connectivity index (χ3v) is 4.13. The highest BCUT2D eigenvalue weighted by atomic mass is 35.5. The standard InChI is InChI=1S/C12H10ClNO4S/c13-10-3-1-9-6-11(4-2-8(9)5-10)19(17,18)14-7-12(15)16/h1-6,14H,7H2,(H,15,16). The monoisotopic (exact) mass is 299 g/mol. The normalized spacial score (nSPS) is 11.6. The smallest absolute Gasteiger partial charge is 0.318 e. The van der Waals surface area contributed by atoms with Crippen molar-refractivity contribution >= 4 is 38.4 Å². The van der Waals surface area contributed by atoms with Crippen molar-refractivity contribution < 1.29 is 18.3 Å². The van der Waals surface area contributed by atoms with Crippen LogP contribution in [0.4, 0.5) is 0 Å². The fraction of sp³-hybridized carbons (Fsp3) is 0.0833. The van der Waals surface area contributed by atoms with Gasteiger partial charge in [-0.1, -0.05) is 23.7 Å². The van der Waals surface area contributed by atoms with E-state index in [1.807, 2.05) is 4.72 Å². The van der Waals surface area contributed by atoms with Crippen molar-refractivity contribution in [3.8, 4) is 0 Å². The lowest BCUT2D eigenvalue weighted by Crippen LogP contribution is -2.29. The molecule has 0 atom stereocenters. The molecule has 0 saturated carbocycles. The van der Waals surface area contributed by atoms with Crippen molar-refractivity contribution in [3.05, 3.63) is 41.4 Å². The van der Waals surface area contributed by atoms with Gasteiger partial charge in [0.2, 0.25) is 10.0 Å². The van der Waals surface area contributed by atoms with Gasteiger partial charge in [0.25, 0.3) is 0 Å². The summed E-state index contributed by atoms with van der Waals surface area (Å²) in [5.74, 6) is -1.24. The zero-order valence-corrected chi connectivity index (χ0v) is 11.2. The number of nitrogens with one attached hydrogen (secondary N) is 1. The number of aliphatic carboxylic acids is 1. The molecule has 19 heavy (non-hydrogen) atoms. The Morgan fingerprint density at radius 3 is 2.47 bits per heavy atom. The number of carboxylic acid groups (broad SMARTS) is 1. The van der Waals surface area contributed by atoms with Gasteiger partial charge in [0, 0.05) is 5.02 Å². The number of benzene rings is 2. The zero-order valence-electron chi connectivity index (χ0n) is 9.63. The predicted octanol–water partition coefficient (Wildman–Crippen LogP) is 1.86. The second-order valence-electron chi connectivity index (χ2n) is 3.87. The first-order valence-corrected chi connectivity index (χ1v) is 7.15. The van der Waals surface area contributed by atoms with Crippen LogP contribution >= 0.6 is 11.6 Å². The number of rotatable bonds is 4. The summed E-state index contributed by atoms with van der Waals surface area (Å²) in [5.41, 5.74) is 0. The summed E-state index contributed by atoms with van der Waals surface area (Å²) < 4.78 is 25.7. The first-order valence-electron chi connectivity index (χ1n) is 5.29. The SMILES string of the molecule is O=C(O)CNS(=O)(=O)c1ccc2cc(Cl)ccc2c1. The van der Waals surface area contributed by atoms with Gasteiger partial charge in [-0.2, -0.15) is 4.72 Å². The first-order chi connectivity index (χ1) is 8.88. The Morgan fingerprint density at radius 2 is 1.79 bits per heavy atom. The van der Waals surface area contributed by atoms with Gasteiger partial charge < -0.3 is 5.11 Å². The van der Waals surface area contributed by atoms with E-state index in [0.29, 0.717) is 10.4 Å². The first kappa shape index (κ1) is 13.8. The van der Waals surface area contributed by atoms with E-state index in [0.717, 1.165) is 5.39 Å². The van der Waals surface area contributed by atoms with Crippen molar-refractivity contribution in [3.63, 3.8) is 0 Å². The van der Waals surface area contributed by atoms with Crippen LogP contribution in [0.1, 0.15) is 0 Å². The van der Waals surface area contributed by atoms with E-state index in [4.69, 9.17) is 16.7 Å². The summed E-state index contributed by atoms with van der Waals surface area (Å²) in [5, 5.41) is 10.6. The molecule has 0 heterocycles. The van der Waals surface area contributed by atoms with Crippen molar-refractivity contribution in [2.75, 3.05) is 6.54 Å². The van der Waals surface area contributed by atoms with Crippen LogP contribution in [0.3, 0.4) is 0 Å². The third kappa shape index (κ3) is 3.23. The number of carboxylic acids is 1. The van der Waals surface area contributed by atoms with Gasteiger partial charge in [-0.15, -0.1) is 0 Å². The summed E-state index contributed by atoms with van der Waals surface area (Å²) in [6.45, 7) is -0.652. The van der Waals surface area contributed by atoms with Gasteiger partial charge in [0.05, 0.1) is 4.90 Å². The molecule has 0 aromatic heterocycles. The highest BCUT2D eigenvalue weighted by Gasteiger charge is 2.15. The van der Waals surface area contributed by atoms with Crippen molar-refractivity contribution in [1.29, 1.82) is 0 Å². The molecule has 0 fully saturated rings. The Labute approximate surface area is 114 Å². The van der Waals surface area contributed by atoms with E-state index in [9.17, 15) is 13.2 Å². The van der Waals surface area contributed by atoms with Gasteiger partial charge in [0.1, 0.15) is 6.54 Å². The Balaban J connectivity index is 2.40. The maximum Gasteiger partial charge on any atom is 0.318 e. The van der Waals surface area contributed by atoms with Crippen LogP contribution in [0, 0.1) is 0 Å². The highest BCUT2D eigenvalue weighted by molar-refractivity contribution is 7.89. The predicted molar refractivity (Wildman–Crippen MR) is 71.8 cm³/mol. The molecule has 2 aromatic carbocycles. The molecule has 0 bridgehead atoms. The molecule has 0 radical (unpaired) electrons. The summed E-state index contributed by atoms with van der Waals surface area (Å²) in [4.78, 5) is 10.4. The average molecular weight is 300 g/mol. The van der Waals surface area contributed by atoms with Crippen LogP contribution < -0.4 is 4.72 Å². The average Bonchev–Trinajstić information content (AvgIpc) is 2.36. The number of carbonyl (C=O) groups is 1. The third-order valence-electron chi connectivity index (χ3n) is 2.50. The number of sulfonamides is 1. The molecule has 5 nitrogen and oxygen atoms in total. The Kier molecular flexibility index (Phi) is 3.75. The van der Waals surface area contributed by atoms with Crippen LogP contribution in [0.15, 0.2) is 41.3 Å². The van der Waals surface area contributed by atoms with Crippen LogP contribution in [-0.2, 0) is 14.8 Å². The molecule has 0 aliphatic carbocycles. The number of hydrogen-bond donors (Lipinski definition) is 2. The molecule has 0 aliphatic heterocycles. The highest BCUT2D eigenvalue weighted by Crippen LogP contribution is 2.22. The molecule has 0 unspecified atom stereocenters. The van der Waals surface area contributed by atoms with Gasteiger partial charge in [-0.3, -0.25) is 4.79 Å². The van der Waals surface area contributed by atoms with Crippen LogP contribution in [0.2, 0.25) is 5.02 Å². The summed E-state index contributed by atoms with van der Waals surface area (Å²) in [6.07, 6.45) is 0. The minimum atomic E-state index is -3.82. The molecule has 7 heteroatoms. The number of fused-ring (bicyclic) bond motifs is 1. The summed E-state index contributed by atoms with van der Waals surface area (Å²) >= 11 is 5.84. The lowest BCUT2D eigenvalue weighted by atomic mass is 10.1. The maximum atomic E-state index is 11.8. The summed E-state index contributed by atoms with van der Waals surface area (Å²) in [6, 6.07) is 9.58. The Bertz CT molecular complexity index is 742. The molecular weight excluding hydrogens is 290 g/mol. The Morgan fingerprint density at radius 1 is 1.16 bits per heavy atom. The molecular formula is C12H10ClNO4S. The maximum absolute atomic E-state index is 11.8. The van der Waals surface area contributed by atoms with Crippen molar-refractivity contribution in [2.24, 2.45) is 0 Å². The molecule has 0 saturated heterocycles. The second kappa shape index (κ2) is 5.16. The molecule has 0 spiro atoms. The van der Waals surface area contributed by atoms with Gasteiger partial charge in [-0.05, 0) is 35.0 Å². The lowest BCUT2D eigenvalue weighted by Gasteiger charge is -2.06. The van der Waals surface area contributed by atoms with E-state index < -0.39 is 22.5 Å². The zero-order chi connectivity index (χ0) is 14.0. The fourth-order valence-corrected chi connectivity index (χ4v) is 2.79. The molecule has 2 aromatic rings. The minimum Gasteiger partial charge on any atom is -0.480 e. The number of hydrogen-bond acceptors (Lipinski definition) is 3. The van der Waals surface area contributed by atoms with E-state index in [1.54, 1.807) is 24.3 Å². The minimum absolute atomic E-state index is 0.0172. The lowest BCUT2D eigenvalue weighted by molar-refractivity contribution is -0.135. The van der Waals surface area contributed by atoms with E-state index >= 15 is 0 Å². The van der Waals surface area contributed by atoms with Gasteiger partial charge in [-0.25, -0.2) is 8.42 Å². The molecule has 100 valence electrons. The topological polar surface area (TPSA) is 83.5 Å². The second-order valence-corrected chi connectivity index (χ2v) is 6.07. The number of halogens is 1. The van der Waals surface area contributed by atoms with Crippen molar-refractivity contribution in [1.82, 2.24) is 4.72 Å². The largest absolute Gasteiger partial charge is 0.480 e. The van der Waals surface area contributed by atoms with Gasteiger partial charge >= 0.3 is 5.97 Å². The summed E-state index contributed by atoms with van der Waals surface area (Å²) in [7, 11) is -3.82. The van der Waals surface area contributed by atoms with E-state index in [2.05, 4.69) is 0 Å². The Hall–Kier alpha value is -1.63. The van der Waals surface area contributed by atoms with Crippen LogP contribution in [0.25, 0.3) is 10.8 Å². The molecule has 2 rings (SSSR count). The molecule has 0 aliphatic rings. The van der Waals surface area contributed by atoms with Crippen LogP contribution in [0.5, 0.6) is 0 Å². The van der Waals surface area contributed by atoms with Crippen molar-refractivity contribution in [2.45, 2.75) is 4.90 Å². The van der Waals surface area contributed by atoms with Crippen LogP contribution in [-0.4, -0.2) is 26.0 Å².